The van der Waals surface area contributed by atoms with Crippen LogP contribution in [0.25, 0.3) is 5.69 Å². The quantitative estimate of drug-likeness (QED) is 0.702. The number of rotatable bonds is 2. The standard InChI is InChI=1S/C11H9FN2O/c1-8-6-10(7-15)13-14(8)11-4-2-9(12)3-5-11/h2-7H,1H3. The van der Waals surface area contributed by atoms with E-state index in [1.54, 1.807) is 22.9 Å². The Bertz CT molecular complexity index is 488. The summed E-state index contributed by atoms with van der Waals surface area (Å²) in [5, 5.41) is 4.05. The van der Waals surface area contributed by atoms with Gasteiger partial charge in [0.1, 0.15) is 11.5 Å². The van der Waals surface area contributed by atoms with Crippen molar-refractivity contribution in [2.45, 2.75) is 6.92 Å². The molecule has 0 amide bonds. The van der Waals surface area contributed by atoms with Gasteiger partial charge in [-0.25, -0.2) is 9.07 Å². The molecule has 0 saturated carbocycles. The fourth-order valence-corrected chi connectivity index (χ4v) is 1.40. The van der Waals surface area contributed by atoms with E-state index in [4.69, 9.17) is 0 Å². The minimum atomic E-state index is -0.292. The topological polar surface area (TPSA) is 34.9 Å². The number of carbonyl (C=O) groups is 1. The molecule has 0 unspecified atom stereocenters. The van der Waals surface area contributed by atoms with Crippen molar-refractivity contribution >= 4 is 6.29 Å². The van der Waals surface area contributed by atoms with Gasteiger partial charge in [-0.1, -0.05) is 0 Å². The number of hydrogen-bond acceptors (Lipinski definition) is 2. The second-order valence-corrected chi connectivity index (χ2v) is 3.22. The predicted octanol–water partition coefficient (Wildman–Crippen LogP) is 2.13. The smallest absolute Gasteiger partial charge is 0.170 e. The normalized spacial score (nSPS) is 10.3. The molecular weight excluding hydrogens is 195 g/mol. The highest BCUT2D eigenvalue weighted by Gasteiger charge is 2.04. The van der Waals surface area contributed by atoms with Gasteiger partial charge in [0.15, 0.2) is 6.29 Å². The third-order valence-corrected chi connectivity index (χ3v) is 2.10. The average molecular weight is 204 g/mol. The van der Waals surface area contributed by atoms with Crippen LogP contribution in [0.4, 0.5) is 4.39 Å². The van der Waals surface area contributed by atoms with E-state index < -0.39 is 0 Å². The van der Waals surface area contributed by atoms with Gasteiger partial charge in [-0.2, -0.15) is 5.10 Å². The van der Waals surface area contributed by atoms with Gasteiger partial charge in [0.25, 0.3) is 0 Å². The lowest BCUT2D eigenvalue weighted by atomic mass is 10.3. The van der Waals surface area contributed by atoms with E-state index in [1.807, 2.05) is 6.92 Å². The summed E-state index contributed by atoms with van der Waals surface area (Å²) < 4.78 is 14.3. The Hall–Kier alpha value is -1.97. The molecule has 2 rings (SSSR count). The first-order chi connectivity index (χ1) is 7.20. The molecule has 2 aromatic rings. The van der Waals surface area contributed by atoms with Crippen molar-refractivity contribution in [1.82, 2.24) is 9.78 Å². The van der Waals surface area contributed by atoms with Crippen LogP contribution in [0, 0.1) is 12.7 Å². The lowest BCUT2D eigenvalue weighted by Gasteiger charge is -2.02. The number of halogens is 1. The molecule has 0 atom stereocenters. The summed E-state index contributed by atoms with van der Waals surface area (Å²) in [4.78, 5) is 10.5. The molecule has 4 heteroatoms. The van der Waals surface area contributed by atoms with E-state index in [-0.39, 0.29) is 5.82 Å². The van der Waals surface area contributed by atoms with Gasteiger partial charge in [-0.05, 0) is 37.3 Å². The van der Waals surface area contributed by atoms with Crippen molar-refractivity contribution in [2.24, 2.45) is 0 Å². The first kappa shape index (κ1) is 9.58. The van der Waals surface area contributed by atoms with Crippen molar-refractivity contribution in [3.05, 3.63) is 47.5 Å². The molecule has 1 aromatic carbocycles. The van der Waals surface area contributed by atoms with E-state index in [2.05, 4.69) is 5.10 Å². The van der Waals surface area contributed by atoms with Gasteiger partial charge in [0.2, 0.25) is 0 Å². The highest BCUT2D eigenvalue weighted by atomic mass is 19.1. The molecule has 3 nitrogen and oxygen atoms in total. The zero-order valence-corrected chi connectivity index (χ0v) is 8.14. The Kier molecular flexibility index (Phi) is 2.33. The van der Waals surface area contributed by atoms with E-state index in [0.717, 1.165) is 11.4 Å². The van der Waals surface area contributed by atoms with Crippen LogP contribution in [0.3, 0.4) is 0 Å². The Morgan fingerprint density at radius 3 is 2.53 bits per heavy atom. The van der Waals surface area contributed by atoms with Gasteiger partial charge in [-0.15, -0.1) is 0 Å². The summed E-state index contributed by atoms with van der Waals surface area (Å²) >= 11 is 0. The minimum Gasteiger partial charge on any atom is -0.296 e. The second-order valence-electron chi connectivity index (χ2n) is 3.22. The van der Waals surface area contributed by atoms with E-state index in [1.165, 1.54) is 12.1 Å². The molecular formula is C11H9FN2O. The van der Waals surface area contributed by atoms with Crippen LogP contribution < -0.4 is 0 Å². The molecule has 0 spiro atoms. The van der Waals surface area contributed by atoms with Crippen molar-refractivity contribution in [1.29, 1.82) is 0 Å². The van der Waals surface area contributed by atoms with Gasteiger partial charge >= 0.3 is 0 Å². The molecule has 0 aliphatic heterocycles. The van der Waals surface area contributed by atoms with Crippen molar-refractivity contribution in [2.75, 3.05) is 0 Å². The highest BCUT2D eigenvalue weighted by Crippen LogP contribution is 2.11. The number of aromatic nitrogens is 2. The van der Waals surface area contributed by atoms with Crippen LogP contribution in [-0.2, 0) is 0 Å². The first-order valence-corrected chi connectivity index (χ1v) is 4.48. The summed E-state index contributed by atoms with van der Waals surface area (Å²) in [5.74, 6) is -0.292. The summed E-state index contributed by atoms with van der Waals surface area (Å²) in [5.41, 5.74) is 1.95. The van der Waals surface area contributed by atoms with Crippen molar-refractivity contribution in [3.63, 3.8) is 0 Å². The lowest BCUT2D eigenvalue weighted by Crippen LogP contribution is -1.99. The predicted molar refractivity (Wildman–Crippen MR) is 53.6 cm³/mol. The molecule has 0 bridgehead atoms. The lowest BCUT2D eigenvalue weighted by molar-refractivity contribution is 0.111. The molecule has 76 valence electrons. The number of aryl methyl sites for hydroxylation is 1. The second kappa shape index (κ2) is 3.65. The van der Waals surface area contributed by atoms with Crippen LogP contribution in [0.15, 0.2) is 30.3 Å². The number of aldehydes is 1. The Morgan fingerprint density at radius 1 is 1.33 bits per heavy atom. The maximum Gasteiger partial charge on any atom is 0.170 e. The fraction of sp³-hybridized carbons (Fsp3) is 0.0909. The minimum absolute atomic E-state index is 0.292. The molecule has 1 aromatic heterocycles. The summed E-state index contributed by atoms with van der Waals surface area (Å²) in [6.45, 7) is 1.84. The third-order valence-electron chi connectivity index (χ3n) is 2.10. The number of benzene rings is 1. The summed E-state index contributed by atoms with van der Waals surface area (Å²) in [6, 6.07) is 7.62. The zero-order chi connectivity index (χ0) is 10.8. The largest absolute Gasteiger partial charge is 0.296 e. The monoisotopic (exact) mass is 204 g/mol. The molecule has 0 saturated heterocycles. The Labute approximate surface area is 86.2 Å². The third kappa shape index (κ3) is 1.79. The average Bonchev–Trinajstić information content (AvgIpc) is 2.61. The Balaban J connectivity index is 2.48. The van der Waals surface area contributed by atoms with Gasteiger partial charge in [0.05, 0.1) is 5.69 Å². The van der Waals surface area contributed by atoms with Crippen LogP contribution in [0.5, 0.6) is 0 Å². The van der Waals surface area contributed by atoms with Gasteiger partial charge in [-0.3, -0.25) is 4.79 Å². The summed E-state index contributed by atoms with van der Waals surface area (Å²) in [7, 11) is 0. The molecule has 0 aliphatic rings. The van der Waals surface area contributed by atoms with Crippen molar-refractivity contribution < 1.29 is 9.18 Å². The molecule has 1 heterocycles. The first-order valence-electron chi connectivity index (χ1n) is 4.48. The van der Waals surface area contributed by atoms with Crippen LogP contribution in [0.1, 0.15) is 16.2 Å². The maximum absolute atomic E-state index is 12.7. The fourth-order valence-electron chi connectivity index (χ4n) is 1.40. The molecule has 0 aliphatic carbocycles. The van der Waals surface area contributed by atoms with Gasteiger partial charge < -0.3 is 0 Å². The van der Waals surface area contributed by atoms with Gasteiger partial charge in [0, 0.05) is 5.69 Å². The highest BCUT2D eigenvalue weighted by molar-refractivity contribution is 5.71. The number of hydrogen-bond donors (Lipinski definition) is 0. The maximum atomic E-state index is 12.7. The SMILES string of the molecule is Cc1cc(C=O)nn1-c1ccc(F)cc1. The van der Waals surface area contributed by atoms with E-state index in [9.17, 15) is 9.18 Å². The number of carbonyl (C=O) groups excluding carboxylic acids is 1. The Morgan fingerprint density at radius 2 is 2.00 bits per heavy atom. The number of nitrogens with zero attached hydrogens (tertiary/aromatic N) is 2. The van der Waals surface area contributed by atoms with E-state index in [0.29, 0.717) is 12.0 Å². The van der Waals surface area contributed by atoms with Crippen LogP contribution >= 0.6 is 0 Å². The van der Waals surface area contributed by atoms with Crippen LogP contribution in [-0.4, -0.2) is 16.1 Å². The summed E-state index contributed by atoms with van der Waals surface area (Å²) in [6.07, 6.45) is 0.688. The zero-order valence-electron chi connectivity index (χ0n) is 8.14. The molecule has 15 heavy (non-hydrogen) atoms. The van der Waals surface area contributed by atoms with Crippen molar-refractivity contribution in [3.8, 4) is 5.69 Å². The molecule has 0 radical (unpaired) electrons. The molecule has 0 N–H and O–H groups in total. The van der Waals surface area contributed by atoms with E-state index >= 15 is 0 Å². The van der Waals surface area contributed by atoms with Crippen LogP contribution in [0.2, 0.25) is 0 Å². The molecule has 0 fully saturated rings.